The molecule has 0 fully saturated rings. The van der Waals surface area contributed by atoms with Crippen LogP contribution < -0.4 is 0 Å². The Labute approximate surface area is 150 Å². The third-order valence-electron chi connectivity index (χ3n) is 6.53. The van der Waals surface area contributed by atoms with E-state index in [9.17, 15) is 0 Å². The maximum atomic E-state index is 2.50. The van der Waals surface area contributed by atoms with Crippen LogP contribution in [0, 0.1) is 6.92 Å². The molecule has 0 saturated carbocycles. The van der Waals surface area contributed by atoms with Gasteiger partial charge in [-0.2, -0.15) is 0 Å². The lowest BCUT2D eigenvalue weighted by Gasteiger charge is -2.25. The quantitative estimate of drug-likeness (QED) is 0.436. The molecular formula is C25H24. The number of benzene rings is 3. The molecule has 3 aromatic carbocycles. The van der Waals surface area contributed by atoms with Gasteiger partial charge in [0.25, 0.3) is 0 Å². The highest BCUT2D eigenvalue weighted by Crippen LogP contribution is 2.55. The van der Waals surface area contributed by atoms with Gasteiger partial charge >= 0.3 is 0 Å². The van der Waals surface area contributed by atoms with E-state index in [4.69, 9.17) is 0 Å². The summed E-state index contributed by atoms with van der Waals surface area (Å²) >= 11 is 0. The van der Waals surface area contributed by atoms with E-state index in [1.807, 2.05) is 0 Å². The molecule has 2 aliphatic carbocycles. The molecule has 0 amide bonds. The van der Waals surface area contributed by atoms with Crippen molar-refractivity contribution in [2.24, 2.45) is 0 Å². The predicted molar refractivity (Wildman–Crippen MR) is 106 cm³/mol. The fourth-order valence-electron chi connectivity index (χ4n) is 5.06. The number of fused-ring (bicyclic) bond motifs is 6. The summed E-state index contributed by atoms with van der Waals surface area (Å²) in [5, 5.41) is 0. The Kier molecular flexibility index (Phi) is 2.65. The number of hydrogen-bond donors (Lipinski definition) is 0. The minimum atomic E-state index is 0.0677. The van der Waals surface area contributed by atoms with E-state index in [2.05, 4.69) is 89.2 Å². The van der Waals surface area contributed by atoms with Crippen LogP contribution in [0.2, 0.25) is 0 Å². The Morgan fingerprint density at radius 3 is 1.80 bits per heavy atom. The molecule has 5 rings (SSSR count). The van der Waals surface area contributed by atoms with Crippen molar-refractivity contribution in [3.63, 3.8) is 0 Å². The van der Waals surface area contributed by atoms with Crippen molar-refractivity contribution in [3.8, 4) is 22.3 Å². The van der Waals surface area contributed by atoms with Crippen molar-refractivity contribution in [1.82, 2.24) is 0 Å². The Balaban J connectivity index is 1.88. The van der Waals surface area contributed by atoms with Gasteiger partial charge in [-0.1, -0.05) is 81.8 Å². The van der Waals surface area contributed by atoms with Crippen LogP contribution in [-0.2, 0) is 10.8 Å². The first-order valence-corrected chi connectivity index (χ1v) is 9.22. The second kappa shape index (κ2) is 4.43. The van der Waals surface area contributed by atoms with Crippen LogP contribution in [0.25, 0.3) is 22.3 Å². The fourth-order valence-corrected chi connectivity index (χ4v) is 5.06. The van der Waals surface area contributed by atoms with E-state index in [1.54, 1.807) is 0 Å². The number of aryl methyl sites for hydroxylation is 1. The molecule has 0 heterocycles. The first-order valence-electron chi connectivity index (χ1n) is 9.22. The van der Waals surface area contributed by atoms with E-state index >= 15 is 0 Å². The SMILES string of the molecule is Cc1ccc2c(c1)-c1cc3c(cc1C2(C)C)C(C)(C)c1ccccc1-3. The first kappa shape index (κ1) is 15.0. The van der Waals surface area contributed by atoms with Crippen LogP contribution in [-0.4, -0.2) is 0 Å². The lowest BCUT2D eigenvalue weighted by molar-refractivity contribution is 0.639. The molecule has 0 nitrogen and oxygen atoms in total. The zero-order valence-corrected chi connectivity index (χ0v) is 15.7. The summed E-state index contributed by atoms with van der Waals surface area (Å²) in [6.07, 6.45) is 0. The van der Waals surface area contributed by atoms with Gasteiger partial charge in [0.05, 0.1) is 0 Å². The lowest BCUT2D eigenvalue weighted by atomic mass is 9.77. The summed E-state index contributed by atoms with van der Waals surface area (Å²) in [5.41, 5.74) is 13.0. The smallest absolute Gasteiger partial charge is 0.0158 e. The van der Waals surface area contributed by atoms with E-state index in [-0.39, 0.29) is 10.8 Å². The molecule has 3 aromatic rings. The molecule has 0 spiro atoms. The highest BCUT2D eigenvalue weighted by atomic mass is 14.4. The second-order valence-corrected chi connectivity index (χ2v) is 8.79. The maximum absolute atomic E-state index is 2.50. The molecule has 0 bridgehead atoms. The minimum Gasteiger partial charge on any atom is -0.0619 e. The Bertz CT molecular complexity index is 1050. The number of rotatable bonds is 0. The van der Waals surface area contributed by atoms with E-state index in [0.717, 1.165) is 0 Å². The third kappa shape index (κ3) is 1.73. The van der Waals surface area contributed by atoms with Crippen LogP contribution in [0.15, 0.2) is 54.6 Å². The van der Waals surface area contributed by atoms with Gasteiger partial charge in [-0.25, -0.2) is 0 Å². The van der Waals surface area contributed by atoms with Crippen molar-refractivity contribution >= 4 is 0 Å². The predicted octanol–water partition coefficient (Wildman–Crippen LogP) is 6.61. The molecule has 0 aliphatic heterocycles. The molecule has 0 saturated heterocycles. The van der Waals surface area contributed by atoms with Crippen molar-refractivity contribution in [2.75, 3.05) is 0 Å². The number of hydrogen-bond acceptors (Lipinski definition) is 0. The van der Waals surface area contributed by atoms with Crippen LogP contribution in [0.1, 0.15) is 55.5 Å². The van der Waals surface area contributed by atoms with Crippen molar-refractivity contribution in [2.45, 2.75) is 45.4 Å². The average molecular weight is 324 g/mol. The summed E-state index contributed by atoms with van der Waals surface area (Å²) in [6.45, 7) is 11.7. The lowest BCUT2D eigenvalue weighted by Crippen LogP contribution is -2.18. The Hall–Kier alpha value is -2.34. The van der Waals surface area contributed by atoms with E-state index in [1.165, 1.54) is 50.1 Å². The van der Waals surface area contributed by atoms with Gasteiger partial charge in [-0.05, 0) is 57.5 Å². The normalized spacial score (nSPS) is 17.6. The molecule has 25 heavy (non-hydrogen) atoms. The van der Waals surface area contributed by atoms with Gasteiger partial charge in [0.1, 0.15) is 0 Å². The highest BCUT2D eigenvalue weighted by molar-refractivity contribution is 5.90. The zero-order chi connectivity index (χ0) is 17.6. The maximum Gasteiger partial charge on any atom is 0.0158 e. The van der Waals surface area contributed by atoms with Gasteiger partial charge in [0.2, 0.25) is 0 Å². The summed E-state index contributed by atoms with van der Waals surface area (Å²) < 4.78 is 0. The standard InChI is InChI=1S/C25H24/c1-15-10-11-21-17(12-15)19-13-18-16-8-6-7-9-20(16)24(2,3)22(18)14-23(19)25(21,4)5/h6-14H,1-5H3. The van der Waals surface area contributed by atoms with Gasteiger partial charge in [-0.3, -0.25) is 0 Å². The monoisotopic (exact) mass is 324 g/mol. The molecule has 124 valence electrons. The first-order chi connectivity index (χ1) is 11.8. The summed E-state index contributed by atoms with van der Waals surface area (Å²) in [5.74, 6) is 0. The molecule has 0 atom stereocenters. The van der Waals surface area contributed by atoms with Crippen molar-refractivity contribution < 1.29 is 0 Å². The molecular weight excluding hydrogens is 300 g/mol. The second-order valence-electron chi connectivity index (χ2n) is 8.79. The minimum absolute atomic E-state index is 0.0677. The van der Waals surface area contributed by atoms with Crippen LogP contribution in [0.4, 0.5) is 0 Å². The van der Waals surface area contributed by atoms with Crippen molar-refractivity contribution in [1.29, 1.82) is 0 Å². The molecule has 0 unspecified atom stereocenters. The van der Waals surface area contributed by atoms with Crippen LogP contribution in [0.5, 0.6) is 0 Å². The highest BCUT2D eigenvalue weighted by Gasteiger charge is 2.41. The van der Waals surface area contributed by atoms with Crippen molar-refractivity contribution in [3.05, 3.63) is 82.4 Å². The third-order valence-corrected chi connectivity index (χ3v) is 6.53. The summed E-state index contributed by atoms with van der Waals surface area (Å²) in [4.78, 5) is 0. The van der Waals surface area contributed by atoms with Gasteiger partial charge < -0.3 is 0 Å². The van der Waals surface area contributed by atoms with E-state index in [0.29, 0.717) is 0 Å². The van der Waals surface area contributed by atoms with Crippen LogP contribution >= 0.6 is 0 Å². The van der Waals surface area contributed by atoms with Gasteiger partial charge in [-0.15, -0.1) is 0 Å². The molecule has 2 aliphatic rings. The summed E-state index contributed by atoms with van der Waals surface area (Å²) in [7, 11) is 0. The van der Waals surface area contributed by atoms with Gasteiger partial charge in [0, 0.05) is 10.8 Å². The molecule has 0 radical (unpaired) electrons. The summed E-state index contributed by atoms with van der Waals surface area (Å²) in [6, 6.07) is 20.8. The van der Waals surface area contributed by atoms with E-state index < -0.39 is 0 Å². The fraction of sp³-hybridized carbons (Fsp3) is 0.280. The van der Waals surface area contributed by atoms with Gasteiger partial charge in [0.15, 0.2) is 0 Å². The molecule has 0 heteroatoms. The van der Waals surface area contributed by atoms with Crippen LogP contribution in [0.3, 0.4) is 0 Å². The topological polar surface area (TPSA) is 0 Å². The Morgan fingerprint density at radius 1 is 0.520 bits per heavy atom. The average Bonchev–Trinajstić information content (AvgIpc) is 2.94. The molecule has 0 aromatic heterocycles. The zero-order valence-electron chi connectivity index (χ0n) is 15.7. The largest absolute Gasteiger partial charge is 0.0619 e. The molecule has 0 N–H and O–H groups in total. The Morgan fingerprint density at radius 2 is 1.08 bits per heavy atom.